The first-order valence-electron chi connectivity index (χ1n) is 12.0. The minimum absolute atomic E-state index is 0.0994. The number of fused-ring (bicyclic) bond motifs is 1. The molecule has 0 N–H and O–H groups in total. The minimum atomic E-state index is -1.91. The lowest BCUT2D eigenvalue weighted by Gasteiger charge is -2.71. The molecule has 0 aromatic carbocycles. The van der Waals surface area contributed by atoms with Crippen molar-refractivity contribution in [3.63, 3.8) is 0 Å². The van der Waals surface area contributed by atoms with Crippen LogP contribution in [0.4, 0.5) is 0 Å². The number of allylic oxidation sites excluding steroid dienone is 2. The van der Waals surface area contributed by atoms with Gasteiger partial charge in [-0.3, -0.25) is 0 Å². The van der Waals surface area contributed by atoms with Crippen LogP contribution >= 0.6 is 11.6 Å². The quantitative estimate of drug-likeness (QED) is 0.286. The predicted octanol–water partition coefficient (Wildman–Crippen LogP) is 8.90. The average Bonchev–Trinajstić information content (AvgIpc) is 2.56. The lowest BCUT2D eigenvalue weighted by molar-refractivity contribution is -0.245. The molecule has 0 aromatic heterocycles. The molecule has 2 fully saturated rings. The molecule has 5 heteroatoms. The summed E-state index contributed by atoms with van der Waals surface area (Å²) in [5.41, 5.74) is 2.26. The molecule has 0 saturated heterocycles. The molecule has 0 unspecified atom stereocenters. The second-order valence-electron chi connectivity index (χ2n) is 13.6. The first kappa shape index (κ1) is 27.4. The van der Waals surface area contributed by atoms with Crippen LogP contribution in [-0.2, 0) is 8.85 Å². The Labute approximate surface area is 200 Å². The fourth-order valence-electron chi connectivity index (χ4n) is 6.19. The maximum absolute atomic E-state index is 7.37. The van der Waals surface area contributed by atoms with E-state index in [0.29, 0.717) is 0 Å². The van der Waals surface area contributed by atoms with Gasteiger partial charge in [-0.2, -0.15) is 0 Å². The van der Waals surface area contributed by atoms with Crippen molar-refractivity contribution in [3.05, 3.63) is 23.8 Å². The van der Waals surface area contributed by atoms with Crippen LogP contribution in [0.15, 0.2) is 23.8 Å². The highest BCUT2D eigenvalue weighted by molar-refractivity contribution is 6.74. The van der Waals surface area contributed by atoms with Gasteiger partial charge in [-0.1, -0.05) is 78.3 Å². The summed E-state index contributed by atoms with van der Waals surface area (Å²) >= 11 is 6.23. The molecule has 4 atom stereocenters. The smallest absolute Gasteiger partial charge is 0.192 e. The molecule has 2 rings (SSSR count). The fourth-order valence-corrected chi connectivity index (χ4v) is 9.56. The Morgan fingerprint density at radius 3 is 2.03 bits per heavy atom. The summed E-state index contributed by atoms with van der Waals surface area (Å²) in [6, 6.07) is 0. The average molecular weight is 485 g/mol. The van der Waals surface area contributed by atoms with E-state index in [1.807, 2.05) is 0 Å². The fraction of sp³-hybridized carbons (Fsp3) is 0.846. The normalized spacial score (nSPS) is 37.2. The molecule has 0 aromatic rings. The lowest BCUT2D eigenvalue weighted by atomic mass is 9.40. The molecule has 0 spiro atoms. The van der Waals surface area contributed by atoms with Gasteiger partial charge in [0.2, 0.25) is 0 Å². The first-order chi connectivity index (χ1) is 13.7. The number of hydrogen-bond acceptors (Lipinski definition) is 2. The zero-order valence-electron chi connectivity index (χ0n) is 22.5. The van der Waals surface area contributed by atoms with Crippen molar-refractivity contribution >= 4 is 28.2 Å². The van der Waals surface area contributed by atoms with Crippen molar-refractivity contribution in [3.8, 4) is 0 Å². The van der Waals surface area contributed by atoms with Crippen LogP contribution in [-0.4, -0.2) is 28.3 Å². The van der Waals surface area contributed by atoms with Crippen molar-refractivity contribution < 1.29 is 8.85 Å². The Morgan fingerprint density at radius 2 is 1.58 bits per heavy atom. The zero-order valence-corrected chi connectivity index (χ0v) is 25.2. The van der Waals surface area contributed by atoms with Crippen LogP contribution in [0.1, 0.15) is 74.1 Å². The second kappa shape index (κ2) is 8.11. The minimum Gasteiger partial charge on any atom is -0.413 e. The van der Waals surface area contributed by atoms with E-state index >= 15 is 0 Å². The highest BCUT2D eigenvalue weighted by atomic mass is 35.5. The van der Waals surface area contributed by atoms with Crippen molar-refractivity contribution in [1.29, 1.82) is 0 Å². The van der Waals surface area contributed by atoms with Crippen LogP contribution < -0.4 is 0 Å². The molecule has 180 valence electrons. The predicted molar refractivity (Wildman–Crippen MR) is 142 cm³/mol. The molecule has 2 saturated carbocycles. The van der Waals surface area contributed by atoms with E-state index in [2.05, 4.69) is 93.9 Å². The largest absolute Gasteiger partial charge is 0.413 e. The molecule has 0 heterocycles. The summed E-state index contributed by atoms with van der Waals surface area (Å²) in [5, 5.41) is 0.188. The molecule has 2 aliphatic rings. The van der Waals surface area contributed by atoms with Gasteiger partial charge in [-0.25, -0.2) is 0 Å². The van der Waals surface area contributed by atoms with E-state index in [1.165, 1.54) is 5.57 Å². The molecule has 0 radical (unpaired) electrons. The highest BCUT2D eigenvalue weighted by Gasteiger charge is 2.71. The Balaban J connectivity index is 2.70. The van der Waals surface area contributed by atoms with Crippen LogP contribution in [0.2, 0.25) is 37.8 Å². The van der Waals surface area contributed by atoms with Crippen molar-refractivity contribution in [2.75, 3.05) is 0 Å². The molecule has 31 heavy (non-hydrogen) atoms. The molecular formula is C26H49ClO2Si2. The SMILES string of the molecule is C=C1CC[C@@]2(O[Si](C)(C)C)C(C)(C)[C@@H](O[Si](C)(C)C(C)(C)C)CC[C@]2(C)[C@@]1(C)C=CCl. The third-order valence-corrected chi connectivity index (χ3v) is 15.0. The van der Waals surface area contributed by atoms with Crippen molar-refractivity contribution in [2.45, 2.75) is 124 Å². The van der Waals surface area contributed by atoms with Gasteiger partial charge in [0, 0.05) is 21.8 Å². The summed E-state index contributed by atoms with van der Waals surface area (Å²) in [5.74, 6) is 0. The molecule has 2 aliphatic carbocycles. The third kappa shape index (κ3) is 4.22. The molecule has 0 bridgehead atoms. The van der Waals surface area contributed by atoms with Gasteiger partial charge in [0.25, 0.3) is 0 Å². The number of rotatable bonds is 5. The number of hydrogen-bond donors (Lipinski definition) is 0. The summed E-state index contributed by atoms with van der Waals surface area (Å²) in [4.78, 5) is 0. The summed E-state index contributed by atoms with van der Waals surface area (Å²) in [6.07, 6.45) is 6.44. The lowest BCUT2D eigenvalue weighted by Crippen LogP contribution is -2.73. The zero-order chi connectivity index (χ0) is 24.3. The Kier molecular flexibility index (Phi) is 7.16. The first-order valence-corrected chi connectivity index (χ1v) is 18.8. The Hall–Kier alpha value is 0.124. The number of halogens is 1. The summed E-state index contributed by atoms with van der Waals surface area (Å²) in [7, 11) is -3.78. The van der Waals surface area contributed by atoms with Crippen molar-refractivity contribution in [1.82, 2.24) is 0 Å². The van der Waals surface area contributed by atoms with E-state index in [9.17, 15) is 0 Å². The molecule has 0 aliphatic heterocycles. The Morgan fingerprint density at radius 1 is 1.03 bits per heavy atom. The summed E-state index contributed by atoms with van der Waals surface area (Å²) in [6.45, 7) is 32.9. The van der Waals surface area contributed by atoms with E-state index in [4.69, 9.17) is 20.5 Å². The van der Waals surface area contributed by atoms with Gasteiger partial charge < -0.3 is 8.85 Å². The van der Waals surface area contributed by atoms with Crippen molar-refractivity contribution in [2.24, 2.45) is 16.2 Å². The van der Waals surface area contributed by atoms with E-state index < -0.39 is 16.6 Å². The van der Waals surface area contributed by atoms with E-state index in [1.54, 1.807) is 5.54 Å². The second-order valence-corrected chi connectivity index (χ2v) is 23.0. The topological polar surface area (TPSA) is 18.5 Å². The molecular weight excluding hydrogens is 436 g/mol. The standard InChI is InChI=1S/C26H49ClO2Si2/c1-20-14-17-26(29-30(9,10)11)23(5,6)21(28-31(12,13)22(2,3)4)15-16-25(26,8)24(20,7)18-19-27/h18-19,21H,1,14-17H2,2-13H3/t21-,24-,25+,26+/m0/s1. The monoisotopic (exact) mass is 484 g/mol. The van der Waals surface area contributed by atoms with Crippen LogP contribution in [0, 0.1) is 16.2 Å². The van der Waals surface area contributed by atoms with Gasteiger partial charge in [0.1, 0.15) is 0 Å². The van der Waals surface area contributed by atoms with Crippen LogP contribution in [0.5, 0.6) is 0 Å². The molecule has 0 amide bonds. The van der Waals surface area contributed by atoms with Gasteiger partial charge in [-0.15, -0.1) is 0 Å². The maximum atomic E-state index is 7.37. The maximum Gasteiger partial charge on any atom is 0.192 e. The van der Waals surface area contributed by atoms with Gasteiger partial charge in [0.15, 0.2) is 16.6 Å². The van der Waals surface area contributed by atoms with Gasteiger partial charge in [0.05, 0.1) is 11.7 Å². The van der Waals surface area contributed by atoms with E-state index in [0.717, 1.165) is 25.7 Å². The highest BCUT2D eigenvalue weighted by Crippen LogP contribution is 2.70. The molecule has 2 nitrogen and oxygen atoms in total. The third-order valence-electron chi connectivity index (χ3n) is 9.42. The van der Waals surface area contributed by atoms with Crippen LogP contribution in [0.3, 0.4) is 0 Å². The Bertz CT molecular complexity index is 731. The van der Waals surface area contributed by atoms with Crippen LogP contribution in [0.25, 0.3) is 0 Å². The van der Waals surface area contributed by atoms with Gasteiger partial charge in [-0.05, 0) is 63.5 Å². The van der Waals surface area contributed by atoms with Gasteiger partial charge >= 0.3 is 0 Å². The summed E-state index contributed by atoms with van der Waals surface area (Å²) < 4.78 is 14.5. The van der Waals surface area contributed by atoms with E-state index in [-0.39, 0.29) is 33.0 Å².